The summed E-state index contributed by atoms with van der Waals surface area (Å²) in [7, 11) is 1.41. The van der Waals surface area contributed by atoms with Gasteiger partial charge >= 0.3 is 0 Å². The Morgan fingerprint density at radius 2 is 1.96 bits per heavy atom. The average molecular weight is 387 g/mol. The lowest BCUT2D eigenvalue weighted by atomic mass is 9.99. The Bertz CT molecular complexity index is 957. The van der Waals surface area contributed by atoms with E-state index < -0.39 is 11.8 Å². The number of nitrogens with zero attached hydrogens (tertiary/aromatic N) is 6. The lowest BCUT2D eigenvalue weighted by molar-refractivity contribution is -0.129. The maximum atomic E-state index is 12.4. The number of rotatable bonds is 1. The summed E-state index contributed by atoms with van der Waals surface area (Å²) in [4.78, 5) is 33.4. The Balaban J connectivity index is 2.31. The molecule has 0 fully saturated rings. The SMILES string of the molecule is CC1C(=O)N(C)C(=O)c2nn(-c3ccc(Br)cc3)c(=NC#N)nc21. The number of imide groups is 1. The van der Waals surface area contributed by atoms with Crippen molar-refractivity contribution < 1.29 is 9.59 Å². The highest BCUT2D eigenvalue weighted by atomic mass is 79.9. The van der Waals surface area contributed by atoms with Crippen molar-refractivity contribution in [2.45, 2.75) is 12.8 Å². The van der Waals surface area contributed by atoms with Crippen LogP contribution in [0.1, 0.15) is 29.0 Å². The van der Waals surface area contributed by atoms with E-state index in [4.69, 9.17) is 5.26 Å². The molecule has 9 heteroatoms. The van der Waals surface area contributed by atoms with Crippen LogP contribution >= 0.6 is 15.9 Å². The third-order valence-electron chi connectivity index (χ3n) is 3.69. The van der Waals surface area contributed by atoms with Crippen LogP contribution in [-0.2, 0) is 4.79 Å². The molecule has 3 rings (SSSR count). The molecule has 2 amide bonds. The van der Waals surface area contributed by atoms with Gasteiger partial charge in [-0.05, 0) is 31.2 Å². The number of carbonyl (C=O) groups excluding carboxylic acids is 2. The Hall–Kier alpha value is -2.86. The van der Waals surface area contributed by atoms with E-state index in [1.54, 1.807) is 37.4 Å². The fraction of sp³-hybridized carbons (Fsp3) is 0.200. The van der Waals surface area contributed by atoms with E-state index in [1.165, 1.54) is 11.7 Å². The summed E-state index contributed by atoms with van der Waals surface area (Å²) in [6.45, 7) is 1.64. The van der Waals surface area contributed by atoms with Gasteiger partial charge in [0.15, 0.2) is 5.69 Å². The second-order valence-corrected chi connectivity index (χ2v) is 6.09. The topological polar surface area (TPSA) is 104 Å². The third-order valence-corrected chi connectivity index (χ3v) is 4.22. The minimum absolute atomic E-state index is 0.00979. The van der Waals surface area contributed by atoms with Crippen molar-refractivity contribution in [1.29, 1.82) is 5.26 Å². The van der Waals surface area contributed by atoms with Crippen molar-refractivity contribution in [3.05, 3.63) is 45.7 Å². The summed E-state index contributed by atoms with van der Waals surface area (Å²) in [6.07, 6.45) is 1.67. The zero-order valence-corrected chi connectivity index (χ0v) is 14.4. The Labute approximate surface area is 145 Å². The fourth-order valence-corrected chi connectivity index (χ4v) is 2.66. The van der Waals surface area contributed by atoms with Gasteiger partial charge in [0.05, 0.1) is 17.3 Å². The second-order valence-electron chi connectivity index (χ2n) is 5.17. The minimum atomic E-state index is -0.637. The standard InChI is InChI=1S/C15H11BrN6O2/c1-8-11-12(14(24)21(2)13(8)23)20-22(15(19-11)18-7-17)10-5-3-9(16)4-6-10/h3-6,8H,1-2H3. The molecule has 1 aromatic carbocycles. The van der Waals surface area contributed by atoms with Gasteiger partial charge in [-0.3, -0.25) is 14.5 Å². The highest BCUT2D eigenvalue weighted by molar-refractivity contribution is 9.10. The van der Waals surface area contributed by atoms with Gasteiger partial charge in [0.2, 0.25) is 12.1 Å². The van der Waals surface area contributed by atoms with Gasteiger partial charge in [0.1, 0.15) is 0 Å². The number of hydrogen-bond donors (Lipinski definition) is 0. The van der Waals surface area contributed by atoms with E-state index >= 15 is 0 Å². The van der Waals surface area contributed by atoms with Gasteiger partial charge in [-0.2, -0.15) is 15.0 Å². The van der Waals surface area contributed by atoms with E-state index in [0.29, 0.717) is 5.69 Å². The molecule has 0 spiro atoms. The van der Waals surface area contributed by atoms with Crippen LogP contribution in [-0.4, -0.2) is 38.5 Å². The van der Waals surface area contributed by atoms with Crippen molar-refractivity contribution >= 4 is 27.7 Å². The highest BCUT2D eigenvalue weighted by Gasteiger charge is 2.37. The predicted molar refractivity (Wildman–Crippen MR) is 85.8 cm³/mol. The first-order valence-corrected chi connectivity index (χ1v) is 7.75. The molecule has 0 aliphatic carbocycles. The van der Waals surface area contributed by atoms with Crippen LogP contribution in [0.15, 0.2) is 33.7 Å². The van der Waals surface area contributed by atoms with Gasteiger partial charge in [-0.25, -0.2) is 4.98 Å². The van der Waals surface area contributed by atoms with E-state index in [1.807, 2.05) is 0 Å². The van der Waals surface area contributed by atoms with Crippen molar-refractivity contribution in [3.63, 3.8) is 0 Å². The Kier molecular flexibility index (Phi) is 3.99. The smallest absolute Gasteiger partial charge is 0.280 e. The van der Waals surface area contributed by atoms with E-state index in [2.05, 4.69) is 31.0 Å². The molecule has 0 N–H and O–H groups in total. The van der Waals surface area contributed by atoms with Crippen LogP contribution in [0.5, 0.6) is 0 Å². The van der Waals surface area contributed by atoms with Crippen molar-refractivity contribution in [3.8, 4) is 11.9 Å². The number of fused-ring (bicyclic) bond motifs is 1. The molecule has 1 aliphatic rings. The molecular weight excluding hydrogens is 376 g/mol. The van der Waals surface area contributed by atoms with Gasteiger partial charge in [-0.1, -0.05) is 15.9 Å². The van der Waals surface area contributed by atoms with Gasteiger partial charge < -0.3 is 0 Å². The molecule has 1 unspecified atom stereocenters. The van der Waals surface area contributed by atoms with E-state index in [0.717, 1.165) is 9.37 Å². The fourth-order valence-electron chi connectivity index (χ4n) is 2.40. The average Bonchev–Trinajstić information content (AvgIpc) is 2.59. The summed E-state index contributed by atoms with van der Waals surface area (Å²) in [5, 5.41) is 13.2. The molecule has 24 heavy (non-hydrogen) atoms. The van der Waals surface area contributed by atoms with Crippen molar-refractivity contribution in [2.75, 3.05) is 7.05 Å². The first kappa shape index (κ1) is 16.0. The lowest BCUT2D eigenvalue weighted by Gasteiger charge is -2.26. The number of nitriles is 1. The minimum Gasteiger partial charge on any atom is -0.280 e. The molecule has 120 valence electrons. The van der Waals surface area contributed by atoms with Crippen LogP contribution in [0.3, 0.4) is 0 Å². The molecule has 0 saturated heterocycles. The summed E-state index contributed by atoms with van der Waals surface area (Å²) in [6, 6.07) is 7.07. The first-order valence-electron chi connectivity index (χ1n) is 6.96. The molecule has 1 aliphatic heterocycles. The molecule has 1 atom stereocenters. The second kappa shape index (κ2) is 5.98. The van der Waals surface area contributed by atoms with E-state index in [9.17, 15) is 9.59 Å². The molecule has 2 heterocycles. The summed E-state index contributed by atoms with van der Waals surface area (Å²) in [5.74, 6) is -1.54. The molecule has 8 nitrogen and oxygen atoms in total. The number of carbonyl (C=O) groups is 2. The first-order chi connectivity index (χ1) is 11.4. The Morgan fingerprint density at radius 1 is 1.29 bits per heavy atom. The number of benzene rings is 1. The highest BCUT2D eigenvalue weighted by Crippen LogP contribution is 2.24. The van der Waals surface area contributed by atoms with Crippen LogP contribution in [0.4, 0.5) is 0 Å². The quantitative estimate of drug-likeness (QED) is 0.539. The van der Waals surface area contributed by atoms with Gasteiger partial charge in [0.25, 0.3) is 11.5 Å². The maximum absolute atomic E-state index is 12.4. The zero-order valence-electron chi connectivity index (χ0n) is 12.8. The molecule has 0 bridgehead atoms. The monoisotopic (exact) mass is 386 g/mol. The van der Waals surface area contributed by atoms with Crippen molar-refractivity contribution in [1.82, 2.24) is 19.7 Å². The third kappa shape index (κ3) is 2.51. The van der Waals surface area contributed by atoms with Gasteiger partial charge in [0, 0.05) is 11.5 Å². The molecule has 0 saturated carbocycles. The van der Waals surface area contributed by atoms with Crippen LogP contribution < -0.4 is 5.62 Å². The summed E-state index contributed by atoms with van der Waals surface area (Å²) < 4.78 is 2.18. The number of amides is 2. The number of halogens is 1. The van der Waals surface area contributed by atoms with Crippen molar-refractivity contribution in [2.24, 2.45) is 4.99 Å². The molecule has 1 aromatic heterocycles. The zero-order chi connectivity index (χ0) is 17.4. The van der Waals surface area contributed by atoms with Gasteiger partial charge in [-0.15, -0.1) is 4.99 Å². The van der Waals surface area contributed by atoms with Crippen LogP contribution in [0.25, 0.3) is 5.69 Å². The number of hydrogen-bond acceptors (Lipinski definition) is 6. The molecule has 2 aromatic rings. The normalized spacial score (nSPS) is 17.7. The van der Waals surface area contributed by atoms with Crippen LogP contribution in [0.2, 0.25) is 0 Å². The largest absolute Gasteiger partial charge is 0.282 e. The predicted octanol–water partition coefficient (Wildman–Crippen LogP) is 1.13. The molecular formula is C15H11BrN6O2. The van der Waals surface area contributed by atoms with E-state index in [-0.39, 0.29) is 22.9 Å². The van der Waals surface area contributed by atoms with Crippen LogP contribution in [0, 0.1) is 11.5 Å². The summed E-state index contributed by atoms with van der Waals surface area (Å²) in [5.41, 5.74) is 0.896. The number of aromatic nitrogens is 3. The molecule has 0 radical (unpaired) electrons. The Morgan fingerprint density at radius 3 is 2.58 bits per heavy atom. The maximum Gasteiger partial charge on any atom is 0.282 e. The number of likely N-dealkylation sites (N-methyl/N-ethyl adjacent to an activating group) is 1. The summed E-state index contributed by atoms with van der Waals surface area (Å²) >= 11 is 3.34. The lowest BCUT2D eigenvalue weighted by Crippen LogP contribution is -2.45.